The van der Waals surface area contributed by atoms with E-state index in [0.29, 0.717) is 21.3 Å². The van der Waals surface area contributed by atoms with E-state index in [1.54, 1.807) is 28.8 Å². The Labute approximate surface area is 227 Å². The Balaban J connectivity index is 1.51. The van der Waals surface area contributed by atoms with Gasteiger partial charge in [0.25, 0.3) is 0 Å². The molecule has 0 fully saturated rings. The number of halogens is 1. The summed E-state index contributed by atoms with van der Waals surface area (Å²) in [5.41, 5.74) is 2.49. The number of hydrogen-bond donors (Lipinski definition) is 1. The monoisotopic (exact) mass is 558 g/mol. The first-order chi connectivity index (χ1) is 17.8. The van der Waals surface area contributed by atoms with Crippen LogP contribution in [0.15, 0.2) is 46.2 Å². The van der Waals surface area contributed by atoms with Gasteiger partial charge in [0.2, 0.25) is 5.91 Å². The zero-order valence-electron chi connectivity index (χ0n) is 20.9. The summed E-state index contributed by atoms with van der Waals surface area (Å²) in [5.74, 6) is -0.372. The molecule has 1 N–H and O–H groups in total. The van der Waals surface area contributed by atoms with E-state index in [0.717, 1.165) is 24.2 Å². The number of nitrogens with one attached hydrogen (secondary N) is 1. The molecule has 3 aromatic heterocycles. The average Bonchev–Trinajstić information content (AvgIpc) is 3.61. The summed E-state index contributed by atoms with van der Waals surface area (Å²) in [4.78, 5) is 26.7. The number of carbonyl (C=O) groups excluding carboxylic acids is 2. The predicted molar refractivity (Wildman–Crippen MR) is 148 cm³/mol. The molecular formula is C26H27FN4O3S3. The van der Waals surface area contributed by atoms with Gasteiger partial charge in [-0.3, -0.25) is 9.36 Å². The van der Waals surface area contributed by atoms with Gasteiger partial charge in [-0.25, -0.2) is 9.18 Å². The maximum Gasteiger partial charge on any atom is 0.341 e. The van der Waals surface area contributed by atoms with Crippen molar-refractivity contribution in [3.8, 4) is 22.5 Å². The van der Waals surface area contributed by atoms with E-state index < -0.39 is 5.97 Å². The second kappa shape index (κ2) is 12.0. The Morgan fingerprint density at radius 1 is 1.14 bits per heavy atom. The highest BCUT2D eigenvalue weighted by atomic mass is 32.2. The van der Waals surface area contributed by atoms with Gasteiger partial charge >= 0.3 is 5.97 Å². The number of carbonyl (C=O) groups is 2. The van der Waals surface area contributed by atoms with Crippen molar-refractivity contribution >= 4 is 51.3 Å². The molecule has 0 bridgehead atoms. The zero-order valence-corrected chi connectivity index (χ0v) is 23.4. The van der Waals surface area contributed by atoms with E-state index in [1.165, 1.54) is 47.2 Å². The fourth-order valence-electron chi connectivity index (χ4n) is 3.80. The summed E-state index contributed by atoms with van der Waals surface area (Å²) in [6, 6.07) is 8.07. The van der Waals surface area contributed by atoms with Crippen LogP contribution in [-0.4, -0.2) is 39.5 Å². The molecule has 37 heavy (non-hydrogen) atoms. The second-order valence-electron chi connectivity index (χ2n) is 8.51. The minimum absolute atomic E-state index is 0.0833. The number of nitrogens with zero attached hydrogens (tertiary/aromatic N) is 3. The van der Waals surface area contributed by atoms with Crippen LogP contribution in [-0.2, 0) is 16.0 Å². The second-order valence-corrected chi connectivity index (χ2v) is 11.3. The molecule has 0 atom stereocenters. The van der Waals surface area contributed by atoms with Crippen LogP contribution in [0.5, 0.6) is 0 Å². The van der Waals surface area contributed by atoms with Crippen LogP contribution in [0.2, 0.25) is 0 Å². The van der Waals surface area contributed by atoms with Crippen molar-refractivity contribution in [1.82, 2.24) is 14.8 Å². The molecular weight excluding hydrogens is 532 g/mol. The van der Waals surface area contributed by atoms with Crippen molar-refractivity contribution in [3.05, 3.63) is 57.3 Å². The molecule has 0 aliphatic rings. The quantitative estimate of drug-likeness (QED) is 0.168. The van der Waals surface area contributed by atoms with Gasteiger partial charge in [0, 0.05) is 32.8 Å². The smallest absolute Gasteiger partial charge is 0.341 e. The number of hydrogen-bond acceptors (Lipinski definition) is 8. The number of aryl methyl sites for hydroxylation is 1. The third-order valence-electron chi connectivity index (χ3n) is 5.51. The van der Waals surface area contributed by atoms with E-state index in [4.69, 9.17) is 4.74 Å². The molecule has 1 amide bonds. The largest absolute Gasteiger partial charge is 0.465 e. The number of thiophene rings is 2. The van der Waals surface area contributed by atoms with Gasteiger partial charge in [-0.2, -0.15) is 0 Å². The molecule has 3 heterocycles. The first-order valence-corrected chi connectivity index (χ1v) is 14.5. The average molecular weight is 559 g/mol. The molecule has 0 radical (unpaired) electrons. The molecule has 7 nitrogen and oxygen atoms in total. The number of benzene rings is 1. The summed E-state index contributed by atoms with van der Waals surface area (Å²) in [6.45, 7) is 6.27. The number of anilines is 1. The summed E-state index contributed by atoms with van der Waals surface area (Å²) in [5, 5.41) is 16.5. The predicted octanol–water partition coefficient (Wildman–Crippen LogP) is 6.93. The van der Waals surface area contributed by atoms with Crippen LogP contribution >= 0.6 is 34.4 Å². The van der Waals surface area contributed by atoms with E-state index in [9.17, 15) is 14.0 Å². The van der Waals surface area contributed by atoms with Crippen molar-refractivity contribution < 1.29 is 18.7 Å². The Morgan fingerprint density at radius 3 is 2.57 bits per heavy atom. The number of esters is 1. The molecule has 194 valence electrons. The Hall–Kier alpha value is -3.02. The molecule has 0 saturated carbocycles. The van der Waals surface area contributed by atoms with E-state index in [1.807, 2.05) is 4.57 Å². The molecule has 0 unspecified atom stereocenters. The van der Waals surface area contributed by atoms with Crippen LogP contribution < -0.4 is 5.32 Å². The molecule has 4 rings (SSSR count). The standard InChI is InChI=1S/C26H27FN4O3S3/c1-5-6-19-11-17(12-35-19)23-29-30-26(31(23)15(2)3)37-14-21(32)28-24-22(25(33)34-4)20(13-36-24)16-7-9-18(27)10-8-16/h7-13,15H,5-6,14H2,1-4H3,(H,28,32). The van der Waals surface area contributed by atoms with Gasteiger partial charge in [0.1, 0.15) is 16.4 Å². The number of thioether (sulfide) groups is 1. The van der Waals surface area contributed by atoms with Gasteiger partial charge in [0.15, 0.2) is 11.0 Å². The SMILES string of the molecule is CCCc1cc(-c2nnc(SCC(=O)Nc3scc(-c4ccc(F)cc4)c3C(=O)OC)n2C(C)C)cs1. The lowest BCUT2D eigenvalue weighted by Crippen LogP contribution is -2.16. The normalized spacial score (nSPS) is 11.2. The lowest BCUT2D eigenvalue weighted by Gasteiger charge is -2.13. The highest BCUT2D eigenvalue weighted by Gasteiger charge is 2.23. The van der Waals surface area contributed by atoms with Gasteiger partial charge in [-0.15, -0.1) is 32.9 Å². The van der Waals surface area contributed by atoms with Crippen molar-refractivity contribution in [1.29, 1.82) is 0 Å². The Bertz CT molecular complexity index is 1390. The Morgan fingerprint density at radius 2 is 1.89 bits per heavy atom. The van der Waals surface area contributed by atoms with Crippen LogP contribution in [0.3, 0.4) is 0 Å². The molecule has 0 aliphatic carbocycles. The fraction of sp³-hybridized carbons (Fsp3) is 0.308. The summed E-state index contributed by atoms with van der Waals surface area (Å²) in [6.07, 6.45) is 2.11. The number of ether oxygens (including phenoxy) is 1. The summed E-state index contributed by atoms with van der Waals surface area (Å²) in [7, 11) is 1.28. The number of rotatable bonds is 10. The maximum atomic E-state index is 13.4. The van der Waals surface area contributed by atoms with E-state index in [2.05, 4.69) is 47.7 Å². The van der Waals surface area contributed by atoms with Crippen LogP contribution in [0, 0.1) is 5.82 Å². The van der Waals surface area contributed by atoms with Crippen molar-refractivity contribution in [2.45, 2.75) is 44.8 Å². The molecule has 1 aromatic carbocycles. The first kappa shape index (κ1) is 27.0. The van der Waals surface area contributed by atoms with Gasteiger partial charge in [0.05, 0.1) is 12.9 Å². The van der Waals surface area contributed by atoms with E-state index in [-0.39, 0.29) is 29.1 Å². The van der Waals surface area contributed by atoms with Crippen LogP contribution in [0.4, 0.5) is 9.39 Å². The molecule has 4 aromatic rings. The van der Waals surface area contributed by atoms with Crippen LogP contribution in [0.25, 0.3) is 22.5 Å². The topological polar surface area (TPSA) is 86.1 Å². The minimum atomic E-state index is -0.578. The van der Waals surface area contributed by atoms with Gasteiger partial charge in [-0.1, -0.05) is 37.2 Å². The van der Waals surface area contributed by atoms with Gasteiger partial charge < -0.3 is 10.1 Å². The molecule has 0 aliphatic heterocycles. The number of methoxy groups -OCH3 is 1. The highest BCUT2D eigenvalue weighted by molar-refractivity contribution is 7.99. The summed E-state index contributed by atoms with van der Waals surface area (Å²) < 4.78 is 20.4. The maximum absolute atomic E-state index is 13.4. The third-order valence-corrected chi connectivity index (χ3v) is 8.35. The lowest BCUT2D eigenvalue weighted by molar-refractivity contribution is -0.113. The zero-order chi connectivity index (χ0) is 26.5. The number of amides is 1. The first-order valence-electron chi connectivity index (χ1n) is 11.7. The van der Waals surface area contributed by atoms with E-state index >= 15 is 0 Å². The van der Waals surface area contributed by atoms with Crippen LogP contribution in [0.1, 0.15) is 48.5 Å². The minimum Gasteiger partial charge on any atom is -0.465 e. The molecule has 0 spiro atoms. The number of aromatic nitrogens is 3. The molecule has 0 saturated heterocycles. The fourth-order valence-corrected chi connectivity index (χ4v) is 6.61. The summed E-state index contributed by atoms with van der Waals surface area (Å²) >= 11 is 4.22. The van der Waals surface area contributed by atoms with Crippen molar-refractivity contribution in [2.24, 2.45) is 0 Å². The van der Waals surface area contributed by atoms with Gasteiger partial charge in [-0.05, 0) is 44.0 Å². The van der Waals surface area contributed by atoms with Crippen molar-refractivity contribution in [2.75, 3.05) is 18.2 Å². The van der Waals surface area contributed by atoms with Crippen molar-refractivity contribution in [3.63, 3.8) is 0 Å². The Kier molecular flexibility index (Phi) is 8.78. The molecule has 11 heteroatoms. The highest BCUT2D eigenvalue weighted by Crippen LogP contribution is 2.37. The lowest BCUT2D eigenvalue weighted by atomic mass is 10.0. The third kappa shape index (κ3) is 6.11.